The Bertz CT molecular complexity index is 357. The molecule has 3 heteroatoms. The van der Waals surface area contributed by atoms with E-state index in [2.05, 4.69) is 36.9 Å². The molecule has 0 radical (unpaired) electrons. The Labute approximate surface area is 101 Å². The van der Waals surface area contributed by atoms with Crippen LogP contribution in [0.3, 0.4) is 0 Å². The average Bonchev–Trinajstić information content (AvgIpc) is 2.70. The third-order valence-electron chi connectivity index (χ3n) is 2.00. The molecule has 84 valence electrons. The molecule has 1 heterocycles. The standard InChI is InChI=1S/C13H16N2S/c1-5-9-10(6-2)14-13-15-11(7-3)12(8-4)16-13/h5-9,13-15H,1-4H2/b10-9+. The molecule has 2 nitrogen and oxygen atoms in total. The lowest BCUT2D eigenvalue weighted by molar-refractivity contribution is 0.689. The van der Waals surface area contributed by atoms with Crippen LogP contribution in [0.4, 0.5) is 0 Å². The van der Waals surface area contributed by atoms with Gasteiger partial charge in [0.25, 0.3) is 0 Å². The van der Waals surface area contributed by atoms with E-state index in [1.54, 1.807) is 30.0 Å². The van der Waals surface area contributed by atoms with Crippen molar-refractivity contribution in [1.29, 1.82) is 0 Å². The van der Waals surface area contributed by atoms with Gasteiger partial charge in [-0.2, -0.15) is 0 Å². The van der Waals surface area contributed by atoms with Gasteiger partial charge in [0.15, 0.2) is 0 Å². The van der Waals surface area contributed by atoms with Crippen LogP contribution in [-0.2, 0) is 0 Å². The Morgan fingerprint density at radius 1 is 1.25 bits per heavy atom. The molecule has 16 heavy (non-hydrogen) atoms. The molecule has 0 aliphatic carbocycles. The van der Waals surface area contributed by atoms with E-state index in [0.717, 1.165) is 16.3 Å². The van der Waals surface area contributed by atoms with E-state index in [1.807, 2.05) is 12.2 Å². The van der Waals surface area contributed by atoms with Crippen molar-refractivity contribution in [3.8, 4) is 0 Å². The van der Waals surface area contributed by atoms with Gasteiger partial charge in [-0.05, 0) is 18.2 Å². The van der Waals surface area contributed by atoms with Crippen LogP contribution in [-0.4, -0.2) is 5.50 Å². The maximum atomic E-state index is 3.77. The number of allylic oxidation sites excluding steroid dienone is 5. The van der Waals surface area contributed by atoms with Crippen molar-refractivity contribution < 1.29 is 0 Å². The van der Waals surface area contributed by atoms with Gasteiger partial charge in [-0.15, -0.1) is 0 Å². The van der Waals surface area contributed by atoms with E-state index in [9.17, 15) is 0 Å². The summed E-state index contributed by atoms with van der Waals surface area (Å²) in [5, 5.41) is 6.57. The molecule has 0 fully saturated rings. The van der Waals surface area contributed by atoms with E-state index in [1.165, 1.54) is 0 Å². The highest BCUT2D eigenvalue weighted by atomic mass is 32.2. The first-order valence-electron chi connectivity index (χ1n) is 4.89. The van der Waals surface area contributed by atoms with Crippen LogP contribution in [0.25, 0.3) is 0 Å². The summed E-state index contributed by atoms with van der Waals surface area (Å²) in [6, 6.07) is 0. The smallest absolute Gasteiger partial charge is 0.150 e. The molecule has 1 atom stereocenters. The lowest BCUT2D eigenvalue weighted by Crippen LogP contribution is -2.34. The lowest BCUT2D eigenvalue weighted by Gasteiger charge is -2.15. The molecule has 1 aliphatic rings. The maximum Gasteiger partial charge on any atom is 0.150 e. The summed E-state index contributed by atoms with van der Waals surface area (Å²) in [4.78, 5) is 1.09. The summed E-state index contributed by atoms with van der Waals surface area (Å²) in [7, 11) is 0. The Morgan fingerprint density at radius 2 is 2.00 bits per heavy atom. The maximum absolute atomic E-state index is 3.77. The molecule has 1 unspecified atom stereocenters. The Kier molecular flexibility index (Phi) is 4.73. The van der Waals surface area contributed by atoms with E-state index in [0.29, 0.717) is 0 Å². The van der Waals surface area contributed by atoms with Crippen LogP contribution in [0.15, 0.2) is 73.0 Å². The number of nitrogens with one attached hydrogen (secondary N) is 2. The molecular weight excluding hydrogens is 216 g/mol. The molecule has 0 aromatic rings. The van der Waals surface area contributed by atoms with Gasteiger partial charge in [-0.25, -0.2) is 0 Å². The first kappa shape index (κ1) is 12.5. The molecule has 0 aromatic heterocycles. The lowest BCUT2D eigenvalue weighted by atomic mass is 10.3. The number of rotatable bonds is 6. The second-order valence-electron chi connectivity index (χ2n) is 3.03. The van der Waals surface area contributed by atoms with Crippen molar-refractivity contribution in [2.24, 2.45) is 0 Å². The molecular formula is C13H16N2S. The van der Waals surface area contributed by atoms with Gasteiger partial charge in [0, 0.05) is 16.3 Å². The summed E-state index contributed by atoms with van der Waals surface area (Å²) in [6.45, 7) is 14.9. The largest absolute Gasteiger partial charge is 0.357 e. The zero-order chi connectivity index (χ0) is 12.0. The van der Waals surface area contributed by atoms with Gasteiger partial charge < -0.3 is 10.6 Å². The zero-order valence-electron chi connectivity index (χ0n) is 9.20. The topological polar surface area (TPSA) is 24.1 Å². The van der Waals surface area contributed by atoms with Crippen LogP contribution >= 0.6 is 11.8 Å². The molecule has 0 saturated heterocycles. The fourth-order valence-electron chi connectivity index (χ4n) is 1.27. The molecule has 0 amide bonds. The third kappa shape index (κ3) is 2.94. The van der Waals surface area contributed by atoms with Crippen molar-refractivity contribution in [2.75, 3.05) is 0 Å². The predicted molar refractivity (Wildman–Crippen MR) is 73.5 cm³/mol. The fourth-order valence-corrected chi connectivity index (χ4v) is 2.27. The molecule has 0 saturated carbocycles. The van der Waals surface area contributed by atoms with Gasteiger partial charge in [0.1, 0.15) is 5.50 Å². The van der Waals surface area contributed by atoms with Crippen LogP contribution in [0.1, 0.15) is 0 Å². The third-order valence-corrected chi connectivity index (χ3v) is 3.11. The quantitative estimate of drug-likeness (QED) is 0.688. The summed E-state index contributed by atoms with van der Waals surface area (Å²) >= 11 is 1.66. The fraction of sp³-hybridized carbons (Fsp3) is 0.0769. The number of thioether (sulfide) groups is 1. The molecule has 1 rings (SSSR count). The van der Waals surface area contributed by atoms with Crippen molar-refractivity contribution in [3.05, 3.63) is 73.0 Å². The summed E-state index contributed by atoms with van der Waals surface area (Å²) in [5.74, 6) is 0. The van der Waals surface area contributed by atoms with E-state index < -0.39 is 0 Å². The number of hydrogen-bond acceptors (Lipinski definition) is 3. The normalized spacial score (nSPS) is 20.0. The molecule has 2 N–H and O–H groups in total. The van der Waals surface area contributed by atoms with E-state index >= 15 is 0 Å². The summed E-state index contributed by atoms with van der Waals surface area (Å²) < 4.78 is 0. The zero-order valence-corrected chi connectivity index (χ0v) is 10.0. The molecule has 0 spiro atoms. The summed E-state index contributed by atoms with van der Waals surface area (Å²) in [5.41, 5.74) is 2.00. The highest BCUT2D eigenvalue weighted by Crippen LogP contribution is 2.30. The van der Waals surface area contributed by atoms with Gasteiger partial charge in [0.05, 0.1) is 0 Å². The highest BCUT2D eigenvalue weighted by molar-refractivity contribution is 8.04. The van der Waals surface area contributed by atoms with Crippen molar-refractivity contribution in [3.63, 3.8) is 0 Å². The average molecular weight is 232 g/mol. The monoisotopic (exact) mass is 232 g/mol. The van der Waals surface area contributed by atoms with Gasteiger partial charge in [-0.3, -0.25) is 0 Å². The minimum atomic E-state index is 0.0743. The van der Waals surface area contributed by atoms with Crippen LogP contribution in [0.2, 0.25) is 0 Å². The van der Waals surface area contributed by atoms with Crippen LogP contribution in [0.5, 0.6) is 0 Å². The van der Waals surface area contributed by atoms with Crippen LogP contribution < -0.4 is 10.6 Å². The SMILES string of the molecule is C=C/C=C(\C=C)NC1NC(C=C)=C(C=C)S1. The van der Waals surface area contributed by atoms with Crippen molar-refractivity contribution in [2.45, 2.75) is 5.50 Å². The molecule has 1 aliphatic heterocycles. The molecule has 0 bridgehead atoms. The Morgan fingerprint density at radius 3 is 2.44 bits per heavy atom. The van der Waals surface area contributed by atoms with Gasteiger partial charge in [0.2, 0.25) is 0 Å². The van der Waals surface area contributed by atoms with Gasteiger partial charge in [-0.1, -0.05) is 50.2 Å². The highest BCUT2D eigenvalue weighted by Gasteiger charge is 2.20. The second-order valence-corrected chi connectivity index (χ2v) is 4.18. The Balaban J connectivity index is 2.66. The van der Waals surface area contributed by atoms with E-state index in [-0.39, 0.29) is 5.50 Å². The van der Waals surface area contributed by atoms with E-state index in [4.69, 9.17) is 0 Å². The second kappa shape index (κ2) is 6.08. The van der Waals surface area contributed by atoms with Gasteiger partial charge >= 0.3 is 0 Å². The summed E-state index contributed by atoms with van der Waals surface area (Å²) in [6.07, 6.45) is 8.95. The Hall–Kier alpha value is -1.61. The minimum absolute atomic E-state index is 0.0743. The van der Waals surface area contributed by atoms with Crippen molar-refractivity contribution in [1.82, 2.24) is 10.6 Å². The minimum Gasteiger partial charge on any atom is -0.357 e. The number of hydrogen-bond donors (Lipinski definition) is 2. The first-order chi connectivity index (χ1) is 7.74. The van der Waals surface area contributed by atoms with Crippen molar-refractivity contribution >= 4 is 11.8 Å². The predicted octanol–water partition coefficient (Wildman–Crippen LogP) is 3.04. The molecule has 0 aromatic carbocycles. The van der Waals surface area contributed by atoms with Crippen LogP contribution in [0, 0.1) is 0 Å². The first-order valence-corrected chi connectivity index (χ1v) is 5.77.